The van der Waals surface area contributed by atoms with Gasteiger partial charge in [-0.15, -0.1) is 0 Å². The third-order valence-corrected chi connectivity index (χ3v) is 4.18. The SMILES string of the molecule is CCN(Cc1ccccc1)C(=O)Cn1c(=O)c(=O)[nH]c2cc(F)ccc21. The predicted molar refractivity (Wildman–Crippen MR) is 96.3 cm³/mol. The van der Waals surface area contributed by atoms with Crippen LogP contribution in [0.1, 0.15) is 12.5 Å². The quantitative estimate of drug-likeness (QED) is 0.710. The number of nitrogens with zero attached hydrogens (tertiary/aromatic N) is 2. The Balaban J connectivity index is 1.94. The second-order valence-corrected chi connectivity index (χ2v) is 5.90. The number of nitrogens with one attached hydrogen (secondary N) is 1. The number of amides is 1. The minimum absolute atomic E-state index is 0.175. The summed E-state index contributed by atoms with van der Waals surface area (Å²) >= 11 is 0. The van der Waals surface area contributed by atoms with E-state index in [0.717, 1.165) is 16.2 Å². The second kappa shape index (κ2) is 7.35. The number of carbonyl (C=O) groups is 1. The van der Waals surface area contributed by atoms with Crippen LogP contribution >= 0.6 is 0 Å². The highest BCUT2D eigenvalue weighted by Gasteiger charge is 2.16. The smallest absolute Gasteiger partial charge is 0.317 e. The Labute approximate surface area is 148 Å². The molecule has 1 aromatic heterocycles. The summed E-state index contributed by atoms with van der Waals surface area (Å²) in [6.07, 6.45) is 0. The molecule has 1 amide bonds. The highest BCUT2D eigenvalue weighted by molar-refractivity contribution is 5.80. The topological polar surface area (TPSA) is 75.2 Å². The van der Waals surface area contributed by atoms with Gasteiger partial charge < -0.3 is 9.88 Å². The van der Waals surface area contributed by atoms with Crippen molar-refractivity contribution in [1.29, 1.82) is 0 Å². The van der Waals surface area contributed by atoms with E-state index in [2.05, 4.69) is 4.98 Å². The number of aromatic amines is 1. The van der Waals surface area contributed by atoms with Gasteiger partial charge >= 0.3 is 11.1 Å². The Bertz CT molecular complexity index is 1060. The number of fused-ring (bicyclic) bond motifs is 1. The Morgan fingerprint density at radius 2 is 1.88 bits per heavy atom. The van der Waals surface area contributed by atoms with Crippen LogP contribution in [0.5, 0.6) is 0 Å². The van der Waals surface area contributed by atoms with Crippen molar-refractivity contribution in [1.82, 2.24) is 14.5 Å². The molecule has 0 atom stereocenters. The van der Waals surface area contributed by atoms with Crippen LogP contribution < -0.4 is 11.1 Å². The summed E-state index contributed by atoms with van der Waals surface area (Å²) in [6, 6.07) is 13.2. The molecule has 2 aromatic carbocycles. The van der Waals surface area contributed by atoms with E-state index in [9.17, 15) is 18.8 Å². The van der Waals surface area contributed by atoms with E-state index < -0.39 is 16.9 Å². The van der Waals surface area contributed by atoms with Crippen molar-refractivity contribution in [2.75, 3.05) is 6.54 Å². The molecule has 134 valence electrons. The van der Waals surface area contributed by atoms with Gasteiger partial charge in [0, 0.05) is 13.1 Å². The van der Waals surface area contributed by atoms with Gasteiger partial charge in [0.15, 0.2) is 0 Å². The molecular weight excluding hydrogens is 337 g/mol. The maximum absolute atomic E-state index is 13.4. The molecule has 3 rings (SSSR count). The van der Waals surface area contributed by atoms with Crippen LogP contribution in [0.15, 0.2) is 58.1 Å². The number of carbonyl (C=O) groups excluding carboxylic acids is 1. The van der Waals surface area contributed by atoms with Crippen LogP contribution in [-0.4, -0.2) is 26.9 Å². The first-order valence-electron chi connectivity index (χ1n) is 8.23. The fourth-order valence-corrected chi connectivity index (χ4v) is 2.82. The van der Waals surface area contributed by atoms with Crippen molar-refractivity contribution in [3.8, 4) is 0 Å². The number of aromatic nitrogens is 2. The molecule has 0 unspecified atom stereocenters. The standard InChI is InChI=1S/C19H18FN3O3/c1-2-22(11-13-6-4-3-5-7-13)17(24)12-23-16-9-8-14(20)10-15(16)21-18(25)19(23)26/h3-10H,2,11-12H2,1H3,(H,21,25). The molecular formula is C19H18FN3O3. The second-order valence-electron chi connectivity index (χ2n) is 5.90. The molecule has 0 aliphatic heterocycles. The number of rotatable bonds is 5. The molecule has 0 saturated carbocycles. The molecule has 26 heavy (non-hydrogen) atoms. The third kappa shape index (κ3) is 3.56. The van der Waals surface area contributed by atoms with E-state index >= 15 is 0 Å². The highest BCUT2D eigenvalue weighted by atomic mass is 19.1. The lowest BCUT2D eigenvalue weighted by Gasteiger charge is -2.22. The molecule has 3 aromatic rings. The van der Waals surface area contributed by atoms with E-state index in [-0.39, 0.29) is 18.0 Å². The van der Waals surface area contributed by atoms with Gasteiger partial charge in [-0.3, -0.25) is 19.0 Å². The fraction of sp³-hybridized carbons (Fsp3) is 0.211. The van der Waals surface area contributed by atoms with Gasteiger partial charge in [-0.25, -0.2) is 4.39 Å². The Morgan fingerprint density at radius 3 is 2.58 bits per heavy atom. The monoisotopic (exact) mass is 355 g/mol. The maximum Gasteiger partial charge on any atom is 0.317 e. The normalized spacial score (nSPS) is 10.8. The van der Waals surface area contributed by atoms with Crippen LogP contribution in [0.4, 0.5) is 4.39 Å². The summed E-state index contributed by atoms with van der Waals surface area (Å²) in [5, 5.41) is 0. The molecule has 0 aliphatic rings. The molecule has 0 spiro atoms. The van der Waals surface area contributed by atoms with Gasteiger partial charge in [0.2, 0.25) is 5.91 Å². The zero-order valence-electron chi connectivity index (χ0n) is 14.2. The van der Waals surface area contributed by atoms with Gasteiger partial charge in [-0.2, -0.15) is 0 Å². The van der Waals surface area contributed by atoms with E-state index in [4.69, 9.17) is 0 Å². The van der Waals surface area contributed by atoms with Crippen LogP contribution in [0.2, 0.25) is 0 Å². The van der Waals surface area contributed by atoms with Crippen molar-refractivity contribution < 1.29 is 9.18 Å². The summed E-state index contributed by atoms with van der Waals surface area (Å²) in [5.74, 6) is -0.835. The van der Waals surface area contributed by atoms with Gasteiger partial charge in [0.25, 0.3) is 0 Å². The minimum atomic E-state index is -0.887. The summed E-state index contributed by atoms with van der Waals surface area (Å²) in [6.45, 7) is 2.42. The molecule has 0 bridgehead atoms. The first kappa shape index (κ1) is 17.6. The van der Waals surface area contributed by atoms with Gasteiger partial charge in [0.1, 0.15) is 12.4 Å². The lowest BCUT2D eigenvalue weighted by Crippen LogP contribution is -2.41. The number of likely N-dealkylation sites (N-methyl/N-ethyl adjacent to an activating group) is 1. The van der Waals surface area contributed by atoms with E-state index in [1.54, 1.807) is 4.90 Å². The molecule has 1 heterocycles. The lowest BCUT2D eigenvalue weighted by atomic mass is 10.2. The number of hydrogen-bond acceptors (Lipinski definition) is 3. The third-order valence-electron chi connectivity index (χ3n) is 4.18. The largest absolute Gasteiger partial charge is 0.337 e. The highest BCUT2D eigenvalue weighted by Crippen LogP contribution is 2.11. The van der Waals surface area contributed by atoms with Gasteiger partial charge in [-0.1, -0.05) is 30.3 Å². The zero-order valence-corrected chi connectivity index (χ0v) is 14.2. The lowest BCUT2D eigenvalue weighted by molar-refractivity contribution is -0.132. The zero-order chi connectivity index (χ0) is 18.7. The fourth-order valence-electron chi connectivity index (χ4n) is 2.82. The van der Waals surface area contributed by atoms with Gasteiger partial charge in [-0.05, 0) is 30.7 Å². The summed E-state index contributed by atoms with van der Waals surface area (Å²) in [4.78, 5) is 40.7. The first-order valence-corrected chi connectivity index (χ1v) is 8.23. The Hall–Kier alpha value is -3.22. The molecule has 1 N–H and O–H groups in total. The molecule has 0 aliphatic carbocycles. The van der Waals surface area contributed by atoms with Crippen LogP contribution in [0, 0.1) is 5.82 Å². The Kier molecular flexibility index (Phi) is 4.97. The van der Waals surface area contributed by atoms with E-state index in [1.807, 2.05) is 37.3 Å². The summed E-state index contributed by atoms with van der Waals surface area (Å²) < 4.78 is 14.5. The van der Waals surface area contributed by atoms with E-state index in [1.165, 1.54) is 12.1 Å². The van der Waals surface area contributed by atoms with Gasteiger partial charge in [0.05, 0.1) is 11.0 Å². The van der Waals surface area contributed by atoms with Crippen LogP contribution in [0.3, 0.4) is 0 Å². The number of halogens is 1. The Morgan fingerprint density at radius 1 is 1.15 bits per heavy atom. The van der Waals surface area contributed by atoms with Crippen molar-refractivity contribution in [2.24, 2.45) is 0 Å². The number of hydrogen-bond donors (Lipinski definition) is 1. The van der Waals surface area contributed by atoms with Crippen molar-refractivity contribution >= 4 is 16.9 Å². The minimum Gasteiger partial charge on any atom is -0.337 e. The summed E-state index contributed by atoms with van der Waals surface area (Å²) in [7, 11) is 0. The first-order chi connectivity index (χ1) is 12.5. The predicted octanol–water partition coefficient (Wildman–Crippen LogP) is 1.88. The molecule has 0 radical (unpaired) electrons. The number of benzene rings is 2. The van der Waals surface area contributed by atoms with Crippen LogP contribution in [-0.2, 0) is 17.9 Å². The average molecular weight is 355 g/mol. The van der Waals surface area contributed by atoms with Crippen molar-refractivity contribution in [3.63, 3.8) is 0 Å². The average Bonchev–Trinajstić information content (AvgIpc) is 2.64. The molecule has 0 fully saturated rings. The van der Waals surface area contributed by atoms with Crippen molar-refractivity contribution in [3.05, 3.63) is 80.6 Å². The summed E-state index contributed by atoms with van der Waals surface area (Å²) in [5.41, 5.74) is -0.281. The van der Waals surface area contributed by atoms with Crippen LogP contribution in [0.25, 0.3) is 11.0 Å². The van der Waals surface area contributed by atoms with E-state index in [0.29, 0.717) is 18.6 Å². The molecule has 6 nitrogen and oxygen atoms in total. The van der Waals surface area contributed by atoms with Crippen molar-refractivity contribution in [2.45, 2.75) is 20.0 Å². The number of H-pyrrole nitrogens is 1. The molecule has 7 heteroatoms. The molecule has 0 saturated heterocycles. The maximum atomic E-state index is 13.4.